The van der Waals surface area contributed by atoms with Crippen molar-refractivity contribution in [1.82, 2.24) is 9.47 Å². The van der Waals surface area contributed by atoms with Gasteiger partial charge >= 0.3 is 0 Å². The molecule has 0 atom stereocenters. The zero-order valence-corrected chi connectivity index (χ0v) is 14.2. The molecule has 0 bridgehead atoms. The van der Waals surface area contributed by atoms with Crippen LogP contribution in [-0.4, -0.2) is 22.4 Å². The van der Waals surface area contributed by atoms with Crippen LogP contribution in [0.1, 0.15) is 16.1 Å². The van der Waals surface area contributed by atoms with Gasteiger partial charge in [-0.2, -0.15) is 0 Å². The number of rotatable bonds is 3. The number of aryl methyl sites for hydroxylation is 1. The summed E-state index contributed by atoms with van der Waals surface area (Å²) in [6, 6.07) is 17.9. The highest BCUT2D eigenvalue weighted by molar-refractivity contribution is 9.10. The maximum atomic E-state index is 12.6. The molecule has 22 heavy (non-hydrogen) atoms. The first-order valence-electron chi connectivity index (χ1n) is 7.11. The second-order valence-corrected chi connectivity index (χ2v) is 6.25. The molecule has 2 aromatic carbocycles. The molecular weight excluding hydrogens is 340 g/mol. The smallest absolute Gasteiger partial charge is 0.255 e. The summed E-state index contributed by atoms with van der Waals surface area (Å²) in [7, 11) is 3.87. The summed E-state index contributed by atoms with van der Waals surface area (Å²) in [5.74, 6) is 0.0118. The zero-order valence-electron chi connectivity index (χ0n) is 12.6. The van der Waals surface area contributed by atoms with Crippen LogP contribution in [0.4, 0.5) is 0 Å². The van der Waals surface area contributed by atoms with Crippen molar-refractivity contribution in [1.29, 1.82) is 0 Å². The Kier molecular flexibility index (Phi) is 4.03. The lowest BCUT2D eigenvalue weighted by molar-refractivity contribution is 0.0781. The van der Waals surface area contributed by atoms with Gasteiger partial charge in [0.05, 0.1) is 12.1 Å². The lowest BCUT2D eigenvalue weighted by Crippen LogP contribution is -2.27. The number of amides is 1. The van der Waals surface area contributed by atoms with Crippen LogP contribution in [0.2, 0.25) is 0 Å². The molecule has 0 fully saturated rings. The molecule has 0 unspecified atom stereocenters. The minimum absolute atomic E-state index is 0.0118. The number of fused-ring (bicyclic) bond motifs is 1. The highest BCUT2D eigenvalue weighted by Gasteiger charge is 2.16. The van der Waals surface area contributed by atoms with Crippen LogP contribution in [-0.2, 0) is 13.6 Å². The molecule has 0 radical (unpaired) electrons. The van der Waals surface area contributed by atoms with E-state index >= 15 is 0 Å². The van der Waals surface area contributed by atoms with E-state index in [0.717, 1.165) is 10.2 Å². The van der Waals surface area contributed by atoms with Crippen molar-refractivity contribution in [3.8, 4) is 0 Å². The number of para-hydroxylation sites is 1. The van der Waals surface area contributed by atoms with Gasteiger partial charge in [0.25, 0.3) is 5.91 Å². The van der Waals surface area contributed by atoms with Gasteiger partial charge in [-0.15, -0.1) is 0 Å². The molecule has 0 spiro atoms. The zero-order chi connectivity index (χ0) is 15.7. The fourth-order valence-electron chi connectivity index (χ4n) is 2.65. The SMILES string of the molecule is CN(Cc1cc2ccccc2n1C)C(=O)c1ccccc1Br. The molecule has 0 N–H and O–H groups in total. The molecule has 3 rings (SSSR count). The first kappa shape index (κ1) is 14.9. The van der Waals surface area contributed by atoms with Gasteiger partial charge in [-0.1, -0.05) is 30.3 Å². The Hall–Kier alpha value is -2.07. The Morgan fingerprint density at radius 2 is 1.82 bits per heavy atom. The molecule has 0 saturated heterocycles. The van der Waals surface area contributed by atoms with Crippen molar-refractivity contribution < 1.29 is 4.79 Å². The van der Waals surface area contributed by atoms with Crippen molar-refractivity contribution in [3.63, 3.8) is 0 Å². The summed E-state index contributed by atoms with van der Waals surface area (Å²) in [6.45, 7) is 0.575. The molecule has 112 valence electrons. The molecule has 4 heteroatoms. The summed E-state index contributed by atoms with van der Waals surface area (Å²) in [5, 5.41) is 1.20. The quantitative estimate of drug-likeness (QED) is 0.689. The number of benzene rings is 2. The Labute approximate surface area is 138 Å². The van der Waals surface area contributed by atoms with E-state index < -0.39 is 0 Å². The monoisotopic (exact) mass is 356 g/mol. The fraction of sp³-hybridized carbons (Fsp3) is 0.167. The highest BCUT2D eigenvalue weighted by Crippen LogP contribution is 2.21. The summed E-state index contributed by atoms with van der Waals surface area (Å²) >= 11 is 3.44. The lowest BCUT2D eigenvalue weighted by Gasteiger charge is -2.18. The molecule has 3 nitrogen and oxygen atoms in total. The van der Waals surface area contributed by atoms with Gasteiger partial charge in [-0.25, -0.2) is 0 Å². The van der Waals surface area contributed by atoms with Crippen LogP contribution in [0.3, 0.4) is 0 Å². The van der Waals surface area contributed by atoms with E-state index in [2.05, 4.69) is 38.7 Å². The number of carbonyl (C=O) groups is 1. The first-order valence-corrected chi connectivity index (χ1v) is 7.90. The lowest BCUT2D eigenvalue weighted by atomic mass is 10.2. The summed E-state index contributed by atoms with van der Waals surface area (Å²) in [4.78, 5) is 14.3. The number of halogens is 1. The first-order chi connectivity index (χ1) is 10.6. The van der Waals surface area contributed by atoms with E-state index in [1.54, 1.807) is 4.90 Å². The standard InChI is InChI=1S/C18H17BrN2O/c1-20(18(22)15-8-4-5-9-16(15)19)12-14-11-13-7-3-6-10-17(13)21(14)2/h3-11H,12H2,1-2H3. The maximum Gasteiger partial charge on any atom is 0.255 e. The number of hydrogen-bond acceptors (Lipinski definition) is 1. The van der Waals surface area contributed by atoms with Crippen molar-refractivity contribution in [2.75, 3.05) is 7.05 Å². The van der Waals surface area contributed by atoms with Crippen molar-refractivity contribution in [3.05, 3.63) is 70.3 Å². The van der Waals surface area contributed by atoms with Crippen LogP contribution in [0.5, 0.6) is 0 Å². The molecule has 0 aliphatic rings. The van der Waals surface area contributed by atoms with E-state index in [4.69, 9.17) is 0 Å². The highest BCUT2D eigenvalue weighted by atomic mass is 79.9. The van der Waals surface area contributed by atoms with Crippen LogP contribution in [0.25, 0.3) is 10.9 Å². The second-order valence-electron chi connectivity index (χ2n) is 5.39. The number of carbonyl (C=O) groups excluding carboxylic acids is 1. The topological polar surface area (TPSA) is 25.2 Å². The Balaban J connectivity index is 1.87. The predicted octanol–water partition coefficient (Wildman–Crippen LogP) is 4.21. The third kappa shape index (κ3) is 2.66. The fourth-order valence-corrected chi connectivity index (χ4v) is 3.11. The van der Waals surface area contributed by atoms with Gasteiger partial charge in [0.2, 0.25) is 0 Å². The Morgan fingerprint density at radius 1 is 1.14 bits per heavy atom. The summed E-state index contributed by atoms with van der Waals surface area (Å²) in [5.41, 5.74) is 2.98. The minimum Gasteiger partial charge on any atom is -0.346 e. The molecule has 0 aliphatic carbocycles. The van der Waals surface area contributed by atoms with Crippen LogP contribution >= 0.6 is 15.9 Å². The van der Waals surface area contributed by atoms with Gasteiger partial charge in [-0.3, -0.25) is 4.79 Å². The number of aromatic nitrogens is 1. The second kappa shape index (κ2) is 5.97. The van der Waals surface area contributed by atoms with E-state index in [1.165, 1.54) is 10.9 Å². The van der Waals surface area contributed by atoms with Crippen molar-refractivity contribution in [2.45, 2.75) is 6.54 Å². The third-order valence-electron chi connectivity index (χ3n) is 3.90. The van der Waals surface area contributed by atoms with Crippen LogP contribution < -0.4 is 0 Å². The molecule has 1 amide bonds. The maximum absolute atomic E-state index is 12.6. The molecule has 3 aromatic rings. The van der Waals surface area contributed by atoms with Gasteiger partial charge in [0.15, 0.2) is 0 Å². The van der Waals surface area contributed by atoms with Gasteiger partial charge < -0.3 is 9.47 Å². The third-order valence-corrected chi connectivity index (χ3v) is 4.59. The normalized spacial score (nSPS) is 10.9. The van der Waals surface area contributed by atoms with E-state index in [-0.39, 0.29) is 5.91 Å². The molecule has 0 aliphatic heterocycles. The van der Waals surface area contributed by atoms with Gasteiger partial charge in [-0.05, 0) is 45.6 Å². The van der Waals surface area contributed by atoms with Crippen LogP contribution in [0, 0.1) is 0 Å². The average Bonchev–Trinajstić information content (AvgIpc) is 2.84. The van der Waals surface area contributed by atoms with Crippen LogP contribution in [0.15, 0.2) is 59.1 Å². The molecular formula is C18H17BrN2O. The van der Waals surface area contributed by atoms with E-state index in [0.29, 0.717) is 12.1 Å². The summed E-state index contributed by atoms with van der Waals surface area (Å²) < 4.78 is 2.96. The van der Waals surface area contributed by atoms with Gasteiger partial charge in [0.1, 0.15) is 0 Å². The Morgan fingerprint density at radius 3 is 2.55 bits per heavy atom. The predicted molar refractivity (Wildman–Crippen MR) is 92.9 cm³/mol. The largest absolute Gasteiger partial charge is 0.346 e. The van der Waals surface area contributed by atoms with E-state index in [9.17, 15) is 4.79 Å². The minimum atomic E-state index is 0.0118. The number of hydrogen-bond donors (Lipinski definition) is 0. The molecule has 1 heterocycles. The van der Waals surface area contributed by atoms with Crippen molar-refractivity contribution >= 4 is 32.7 Å². The Bertz CT molecular complexity index is 838. The molecule has 0 saturated carbocycles. The molecule has 1 aromatic heterocycles. The van der Waals surface area contributed by atoms with E-state index in [1.807, 2.05) is 50.5 Å². The number of nitrogens with zero attached hydrogens (tertiary/aromatic N) is 2. The average molecular weight is 357 g/mol. The van der Waals surface area contributed by atoms with Crippen molar-refractivity contribution in [2.24, 2.45) is 7.05 Å². The van der Waals surface area contributed by atoms with Gasteiger partial charge in [0, 0.05) is 29.8 Å². The summed E-state index contributed by atoms with van der Waals surface area (Å²) in [6.07, 6.45) is 0.